The van der Waals surface area contributed by atoms with E-state index in [9.17, 15) is 24.0 Å². The summed E-state index contributed by atoms with van der Waals surface area (Å²) in [6, 6.07) is 0. The van der Waals surface area contributed by atoms with E-state index < -0.39 is 11.9 Å². The van der Waals surface area contributed by atoms with Crippen molar-refractivity contribution in [3.05, 3.63) is 12.7 Å². The number of carbonyl (C=O) groups is 5. The van der Waals surface area contributed by atoms with Gasteiger partial charge in [-0.05, 0) is 51.4 Å². The highest BCUT2D eigenvalue weighted by Crippen LogP contribution is 2.05. The summed E-state index contributed by atoms with van der Waals surface area (Å²) in [5, 5.41) is 0. The molecule has 0 heterocycles. The molecule has 0 aromatic carbocycles. The van der Waals surface area contributed by atoms with E-state index in [2.05, 4.69) is 6.58 Å². The van der Waals surface area contributed by atoms with Crippen LogP contribution in [0.4, 0.5) is 0 Å². The highest BCUT2D eigenvalue weighted by Gasteiger charge is 2.09. The second-order valence-electron chi connectivity index (χ2n) is 7.80. The summed E-state index contributed by atoms with van der Waals surface area (Å²) in [6.07, 6.45) is 7.41. The van der Waals surface area contributed by atoms with Crippen molar-refractivity contribution in [1.82, 2.24) is 0 Å². The van der Waals surface area contributed by atoms with E-state index in [0.717, 1.165) is 12.8 Å². The topological polar surface area (TPSA) is 132 Å². The van der Waals surface area contributed by atoms with E-state index >= 15 is 0 Å². The zero-order valence-corrected chi connectivity index (χ0v) is 20.9. The minimum absolute atomic E-state index is 0.0266. The Kier molecular flexibility index (Phi) is 21.0. The molecule has 0 aromatic heterocycles. The smallest absolute Gasteiger partial charge is 0.306 e. The molecule has 0 N–H and O–H groups in total. The zero-order chi connectivity index (χ0) is 26.2. The minimum atomic E-state index is -0.470. The Bertz CT molecular complexity index is 644. The number of hydrogen-bond donors (Lipinski definition) is 0. The fourth-order valence-electron chi connectivity index (χ4n) is 2.72. The first-order chi connectivity index (χ1) is 16.8. The fourth-order valence-corrected chi connectivity index (χ4v) is 2.72. The van der Waals surface area contributed by atoms with Crippen molar-refractivity contribution in [2.24, 2.45) is 0 Å². The summed E-state index contributed by atoms with van der Waals surface area (Å²) >= 11 is 0. The molecular formula is C25H40O10. The van der Waals surface area contributed by atoms with Crippen LogP contribution in [0.1, 0.15) is 84.0 Å². The summed E-state index contributed by atoms with van der Waals surface area (Å²) in [5.41, 5.74) is 0. The third-order valence-corrected chi connectivity index (χ3v) is 4.58. The van der Waals surface area contributed by atoms with Gasteiger partial charge in [0.2, 0.25) is 0 Å². The predicted octanol–water partition coefficient (Wildman–Crippen LogP) is 3.59. The molecule has 0 saturated heterocycles. The fraction of sp³-hybridized carbons (Fsp3) is 0.720. The van der Waals surface area contributed by atoms with Gasteiger partial charge in [-0.1, -0.05) is 12.7 Å². The Morgan fingerprint density at radius 2 is 0.886 bits per heavy atom. The lowest BCUT2D eigenvalue weighted by Gasteiger charge is -2.07. The van der Waals surface area contributed by atoms with Gasteiger partial charge in [0.25, 0.3) is 0 Å². The maximum atomic E-state index is 11.7. The molecule has 0 aromatic rings. The van der Waals surface area contributed by atoms with Crippen LogP contribution in [0.5, 0.6) is 0 Å². The van der Waals surface area contributed by atoms with Crippen molar-refractivity contribution in [3.8, 4) is 0 Å². The van der Waals surface area contributed by atoms with Gasteiger partial charge in [0.05, 0.1) is 39.3 Å². The summed E-state index contributed by atoms with van der Waals surface area (Å²) in [4.78, 5) is 56.7. The molecule has 0 unspecified atom stereocenters. The van der Waals surface area contributed by atoms with Crippen LogP contribution in [-0.4, -0.2) is 62.9 Å². The first kappa shape index (κ1) is 32.1. The molecular weight excluding hydrogens is 460 g/mol. The molecule has 0 spiro atoms. The van der Waals surface area contributed by atoms with E-state index in [1.54, 1.807) is 0 Å². The van der Waals surface area contributed by atoms with Gasteiger partial charge in [-0.15, -0.1) is 0 Å². The quantitative estimate of drug-likeness (QED) is 0.0940. The van der Waals surface area contributed by atoms with Crippen molar-refractivity contribution in [2.75, 3.05) is 33.0 Å². The molecule has 10 nitrogen and oxygen atoms in total. The Labute approximate surface area is 207 Å². The van der Waals surface area contributed by atoms with Crippen molar-refractivity contribution >= 4 is 29.8 Å². The van der Waals surface area contributed by atoms with Gasteiger partial charge in [-0.25, -0.2) is 0 Å². The van der Waals surface area contributed by atoms with E-state index in [0.29, 0.717) is 58.2 Å². The largest absolute Gasteiger partial charge is 0.466 e. The van der Waals surface area contributed by atoms with Crippen LogP contribution >= 0.6 is 0 Å². The molecule has 0 fully saturated rings. The zero-order valence-electron chi connectivity index (χ0n) is 20.9. The van der Waals surface area contributed by atoms with Gasteiger partial charge in [0, 0.05) is 19.8 Å². The van der Waals surface area contributed by atoms with Crippen LogP contribution in [0, 0.1) is 0 Å². The standard InChI is InChI=1S/C25H40O10/c1-3-16-32-24(29)14-15-25(30)35-18-9-5-7-13-23(28)34-20-11-10-19-33-22(27)12-6-4-8-17-31-21(2)26/h3H,1,4-20H2,2H3. The molecule has 0 aliphatic carbocycles. The average Bonchev–Trinajstić information content (AvgIpc) is 2.82. The van der Waals surface area contributed by atoms with Crippen molar-refractivity contribution in [2.45, 2.75) is 84.0 Å². The second kappa shape index (κ2) is 22.9. The van der Waals surface area contributed by atoms with Crippen molar-refractivity contribution in [1.29, 1.82) is 0 Å². The number of carbonyl (C=O) groups excluding carboxylic acids is 5. The van der Waals surface area contributed by atoms with E-state index in [4.69, 9.17) is 23.7 Å². The van der Waals surface area contributed by atoms with Gasteiger partial charge in [-0.3, -0.25) is 24.0 Å². The predicted molar refractivity (Wildman–Crippen MR) is 126 cm³/mol. The van der Waals surface area contributed by atoms with Crippen molar-refractivity contribution in [3.63, 3.8) is 0 Å². The van der Waals surface area contributed by atoms with E-state index in [1.807, 2.05) is 0 Å². The first-order valence-electron chi connectivity index (χ1n) is 12.2. The molecule has 200 valence electrons. The number of hydrogen-bond acceptors (Lipinski definition) is 10. The summed E-state index contributed by atoms with van der Waals surface area (Å²) in [7, 11) is 0. The Hall–Kier alpha value is -2.91. The maximum Gasteiger partial charge on any atom is 0.306 e. The van der Waals surface area contributed by atoms with E-state index in [1.165, 1.54) is 13.0 Å². The lowest BCUT2D eigenvalue weighted by atomic mass is 10.2. The first-order valence-corrected chi connectivity index (χ1v) is 12.2. The molecule has 0 amide bonds. The van der Waals surface area contributed by atoms with Crippen LogP contribution in [0.25, 0.3) is 0 Å². The molecule has 0 aliphatic heterocycles. The number of rotatable bonds is 22. The Balaban J connectivity index is 3.45. The monoisotopic (exact) mass is 500 g/mol. The molecule has 10 heteroatoms. The lowest BCUT2D eigenvalue weighted by molar-refractivity contribution is -0.149. The summed E-state index contributed by atoms with van der Waals surface area (Å²) in [6.45, 7) is 6.09. The molecule has 0 aliphatic rings. The molecule has 0 rings (SSSR count). The number of ether oxygens (including phenoxy) is 5. The summed E-state index contributed by atoms with van der Waals surface area (Å²) in [5.74, 6) is -1.77. The lowest BCUT2D eigenvalue weighted by Crippen LogP contribution is -2.11. The highest BCUT2D eigenvalue weighted by molar-refractivity contribution is 5.77. The van der Waals surface area contributed by atoms with Crippen molar-refractivity contribution < 1.29 is 47.7 Å². The number of unbranched alkanes of at least 4 members (excludes halogenated alkanes) is 5. The molecule has 0 atom stereocenters. The Morgan fingerprint density at radius 3 is 1.31 bits per heavy atom. The van der Waals surface area contributed by atoms with Gasteiger partial charge < -0.3 is 23.7 Å². The summed E-state index contributed by atoms with van der Waals surface area (Å²) < 4.78 is 24.9. The second-order valence-corrected chi connectivity index (χ2v) is 7.80. The van der Waals surface area contributed by atoms with Crippen LogP contribution < -0.4 is 0 Å². The average molecular weight is 501 g/mol. The minimum Gasteiger partial charge on any atom is -0.466 e. The highest BCUT2D eigenvalue weighted by atomic mass is 16.5. The van der Waals surface area contributed by atoms with Crippen LogP contribution in [0.15, 0.2) is 12.7 Å². The Morgan fingerprint density at radius 1 is 0.514 bits per heavy atom. The van der Waals surface area contributed by atoms with Gasteiger partial charge in [-0.2, -0.15) is 0 Å². The van der Waals surface area contributed by atoms with Gasteiger partial charge in [0.1, 0.15) is 6.61 Å². The van der Waals surface area contributed by atoms with Crippen LogP contribution in [0.2, 0.25) is 0 Å². The SMILES string of the molecule is C=CCOC(=O)CCC(=O)OCCCCCC(=O)OCCCCOC(=O)CCCCCOC(C)=O. The molecule has 35 heavy (non-hydrogen) atoms. The van der Waals surface area contributed by atoms with Crippen LogP contribution in [-0.2, 0) is 47.7 Å². The third kappa shape index (κ3) is 24.0. The van der Waals surface area contributed by atoms with Crippen LogP contribution in [0.3, 0.4) is 0 Å². The van der Waals surface area contributed by atoms with E-state index in [-0.39, 0.29) is 57.0 Å². The normalized spacial score (nSPS) is 10.2. The molecule has 0 bridgehead atoms. The van der Waals surface area contributed by atoms with Gasteiger partial charge in [0.15, 0.2) is 0 Å². The molecule has 0 radical (unpaired) electrons. The van der Waals surface area contributed by atoms with Gasteiger partial charge >= 0.3 is 29.8 Å². The third-order valence-electron chi connectivity index (χ3n) is 4.58. The molecule has 0 saturated carbocycles. The number of esters is 5. The maximum absolute atomic E-state index is 11.7.